The smallest absolute Gasteiger partial charge is 0.257 e. The number of benzene rings is 2. The first kappa shape index (κ1) is 15.7. The fourth-order valence-electron chi connectivity index (χ4n) is 2.51. The number of H-pyrrole nitrogens is 1. The van der Waals surface area contributed by atoms with Crippen molar-refractivity contribution >= 4 is 22.5 Å². The van der Waals surface area contributed by atoms with Crippen LogP contribution in [0.1, 0.15) is 10.4 Å². The topological polar surface area (TPSA) is 85.5 Å². The van der Waals surface area contributed by atoms with Crippen molar-refractivity contribution in [3.8, 4) is 17.2 Å². The Labute approximate surface area is 138 Å². The number of hydrogen-bond acceptors (Lipinski definition) is 5. The number of carbonyl (C=O) groups excluding carboxylic acids is 1. The normalized spacial score (nSPS) is 10.5. The summed E-state index contributed by atoms with van der Waals surface area (Å²) in [5.74, 6) is 1.13. The standard InChI is InChI=1S/C17H17N3O4/c1-22-13-7-11(8-14(23-2)16(13)24-3)19-17(21)12-6-4-5-10-9-18-20-15(10)12/h4-9H,1-3H3,(H,18,20)(H,19,21). The predicted octanol–water partition coefficient (Wildman–Crippen LogP) is 2.84. The Morgan fingerprint density at radius 1 is 1.08 bits per heavy atom. The molecule has 2 aromatic carbocycles. The average molecular weight is 327 g/mol. The number of aromatic nitrogens is 2. The number of amides is 1. The third kappa shape index (κ3) is 2.71. The highest BCUT2D eigenvalue weighted by Crippen LogP contribution is 2.40. The van der Waals surface area contributed by atoms with E-state index in [4.69, 9.17) is 14.2 Å². The van der Waals surface area contributed by atoms with Gasteiger partial charge in [-0.1, -0.05) is 12.1 Å². The fourth-order valence-corrected chi connectivity index (χ4v) is 2.51. The molecule has 0 saturated heterocycles. The van der Waals surface area contributed by atoms with Gasteiger partial charge in [0.2, 0.25) is 5.75 Å². The number of rotatable bonds is 5. The highest BCUT2D eigenvalue weighted by Gasteiger charge is 2.16. The molecule has 7 nitrogen and oxygen atoms in total. The van der Waals surface area contributed by atoms with Gasteiger partial charge < -0.3 is 19.5 Å². The van der Waals surface area contributed by atoms with E-state index >= 15 is 0 Å². The van der Waals surface area contributed by atoms with E-state index in [1.54, 1.807) is 24.4 Å². The van der Waals surface area contributed by atoms with Crippen LogP contribution in [0.5, 0.6) is 17.2 Å². The minimum Gasteiger partial charge on any atom is -0.493 e. The molecule has 0 aliphatic rings. The van der Waals surface area contributed by atoms with Crippen LogP contribution >= 0.6 is 0 Å². The second-order valence-corrected chi connectivity index (χ2v) is 5.01. The van der Waals surface area contributed by atoms with Gasteiger partial charge in [-0.3, -0.25) is 9.89 Å². The largest absolute Gasteiger partial charge is 0.493 e. The minimum absolute atomic E-state index is 0.265. The van der Waals surface area contributed by atoms with Gasteiger partial charge in [-0.15, -0.1) is 0 Å². The molecule has 1 aromatic heterocycles. The Balaban J connectivity index is 1.96. The van der Waals surface area contributed by atoms with Crippen molar-refractivity contribution in [2.45, 2.75) is 0 Å². The van der Waals surface area contributed by atoms with Crippen molar-refractivity contribution in [1.82, 2.24) is 10.2 Å². The fraction of sp³-hybridized carbons (Fsp3) is 0.176. The SMILES string of the molecule is COc1cc(NC(=O)c2cccc3cn[nH]c23)cc(OC)c1OC. The maximum absolute atomic E-state index is 12.6. The van der Waals surface area contributed by atoms with E-state index in [9.17, 15) is 4.79 Å². The molecule has 0 unspecified atom stereocenters. The lowest BCUT2D eigenvalue weighted by Gasteiger charge is -2.14. The first-order chi connectivity index (χ1) is 11.7. The molecular formula is C17H17N3O4. The summed E-state index contributed by atoms with van der Waals surface area (Å²) in [6.45, 7) is 0. The van der Waals surface area contributed by atoms with Gasteiger partial charge in [-0.05, 0) is 6.07 Å². The van der Waals surface area contributed by atoms with Gasteiger partial charge >= 0.3 is 0 Å². The van der Waals surface area contributed by atoms with Gasteiger partial charge in [-0.25, -0.2) is 0 Å². The van der Waals surface area contributed by atoms with E-state index in [1.165, 1.54) is 21.3 Å². The molecule has 24 heavy (non-hydrogen) atoms. The Kier molecular flexibility index (Phi) is 4.24. The summed E-state index contributed by atoms with van der Waals surface area (Å²) in [5.41, 5.74) is 1.72. The number of aromatic amines is 1. The number of nitrogens with zero attached hydrogens (tertiary/aromatic N) is 1. The van der Waals surface area contributed by atoms with Crippen molar-refractivity contribution < 1.29 is 19.0 Å². The molecule has 0 aliphatic heterocycles. The number of nitrogens with one attached hydrogen (secondary N) is 2. The van der Waals surface area contributed by atoms with Gasteiger partial charge in [0.15, 0.2) is 11.5 Å². The van der Waals surface area contributed by atoms with Crippen molar-refractivity contribution in [3.63, 3.8) is 0 Å². The second kappa shape index (κ2) is 6.49. The van der Waals surface area contributed by atoms with E-state index in [1.807, 2.05) is 12.1 Å². The lowest BCUT2D eigenvalue weighted by atomic mass is 10.1. The van der Waals surface area contributed by atoms with Crippen molar-refractivity contribution in [1.29, 1.82) is 0 Å². The lowest BCUT2D eigenvalue weighted by molar-refractivity contribution is 0.102. The van der Waals surface area contributed by atoms with Crippen LogP contribution in [0.4, 0.5) is 5.69 Å². The monoisotopic (exact) mass is 327 g/mol. The summed E-state index contributed by atoms with van der Waals surface area (Å²) in [6.07, 6.45) is 1.67. The lowest BCUT2D eigenvalue weighted by Crippen LogP contribution is -2.13. The van der Waals surface area contributed by atoms with Crippen LogP contribution in [0.15, 0.2) is 36.5 Å². The summed E-state index contributed by atoms with van der Waals surface area (Å²) in [7, 11) is 4.57. The molecule has 2 N–H and O–H groups in total. The van der Waals surface area contributed by atoms with Crippen molar-refractivity contribution in [2.75, 3.05) is 26.6 Å². The van der Waals surface area contributed by atoms with Crippen LogP contribution in [0.25, 0.3) is 10.9 Å². The zero-order valence-electron chi connectivity index (χ0n) is 13.5. The van der Waals surface area contributed by atoms with E-state index < -0.39 is 0 Å². The van der Waals surface area contributed by atoms with Crippen molar-refractivity contribution in [3.05, 3.63) is 42.1 Å². The van der Waals surface area contributed by atoms with Crippen LogP contribution in [-0.2, 0) is 0 Å². The molecule has 0 aliphatic carbocycles. The quantitative estimate of drug-likeness (QED) is 0.752. The van der Waals surface area contributed by atoms with Crippen LogP contribution < -0.4 is 19.5 Å². The van der Waals surface area contributed by atoms with Gasteiger partial charge in [0.25, 0.3) is 5.91 Å². The van der Waals surface area contributed by atoms with Gasteiger partial charge in [0.05, 0.1) is 38.6 Å². The molecule has 0 radical (unpaired) electrons. The molecular weight excluding hydrogens is 310 g/mol. The molecule has 1 heterocycles. The molecule has 0 saturated carbocycles. The van der Waals surface area contributed by atoms with Crippen molar-refractivity contribution in [2.24, 2.45) is 0 Å². The number of para-hydroxylation sites is 1. The van der Waals surface area contributed by atoms with E-state index in [0.717, 1.165) is 5.39 Å². The minimum atomic E-state index is -0.265. The summed E-state index contributed by atoms with van der Waals surface area (Å²) in [6, 6.07) is 8.77. The number of fused-ring (bicyclic) bond motifs is 1. The zero-order chi connectivity index (χ0) is 17.1. The molecule has 1 amide bonds. The molecule has 0 spiro atoms. The Morgan fingerprint density at radius 2 is 1.79 bits per heavy atom. The first-order valence-corrected chi connectivity index (χ1v) is 7.21. The molecule has 0 fully saturated rings. The molecule has 7 heteroatoms. The van der Waals surface area contributed by atoms with Crippen LogP contribution in [-0.4, -0.2) is 37.4 Å². The van der Waals surface area contributed by atoms with Gasteiger partial charge in [0.1, 0.15) is 0 Å². The molecule has 3 aromatic rings. The summed E-state index contributed by atoms with van der Waals surface area (Å²) in [4.78, 5) is 12.6. The molecule has 3 rings (SSSR count). The first-order valence-electron chi connectivity index (χ1n) is 7.21. The van der Waals surface area contributed by atoms with E-state index in [2.05, 4.69) is 15.5 Å². The molecule has 0 atom stereocenters. The molecule has 124 valence electrons. The average Bonchev–Trinajstić information content (AvgIpc) is 3.09. The Hall–Kier alpha value is -3.22. The third-order valence-corrected chi connectivity index (χ3v) is 3.64. The second-order valence-electron chi connectivity index (χ2n) is 5.01. The van der Waals surface area contributed by atoms with Crippen LogP contribution in [0.2, 0.25) is 0 Å². The number of anilines is 1. The third-order valence-electron chi connectivity index (χ3n) is 3.64. The maximum Gasteiger partial charge on any atom is 0.257 e. The van der Waals surface area contributed by atoms with Crippen LogP contribution in [0.3, 0.4) is 0 Å². The zero-order valence-corrected chi connectivity index (χ0v) is 13.5. The van der Waals surface area contributed by atoms with E-state index in [-0.39, 0.29) is 5.91 Å². The number of hydrogen-bond donors (Lipinski definition) is 2. The predicted molar refractivity (Wildman–Crippen MR) is 90.1 cm³/mol. The highest BCUT2D eigenvalue weighted by molar-refractivity contribution is 6.11. The number of ether oxygens (including phenoxy) is 3. The van der Waals surface area contributed by atoms with E-state index in [0.29, 0.717) is 34.0 Å². The maximum atomic E-state index is 12.6. The summed E-state index contributed by atoms with van der Waals surface area (Å²) >= 11 is 0. The Bertz CT molecular complexity index is 863. The number of carbonyl (C=O) groups is 1. The van der Waals surface area contributed by atoms with Gasteiger partial charge in [-0.2, -0.15) is 5.10 Å². The van der Waals surface area contributed by atoms with Gasteiger partial charge in [0, 0.05) is 23.2 Å². The number of methoxy groups -OCH3 is 3. The summed E-state index contributed by atoms with van der Waals surface area (Å²) < 4.78 is 15.9. The summed E-state index contributed by atoms with van der Waals surface area (Å²) in [5, 5.41) is 10.5. The highest BCUT2D eigenvalue weighted by atomic mass is 16.5. The van der Waals surface area contributed by atoms with Crippen LogP contribution in [0, 0.1) is 0 Å². The molecule has 0 bridgehead atoms. The Morgan fingerprint density at radius 3 is 2.42 bits per heavy atom.